The van der Waals surface area contributed by atoms with E-state index in [0.717, 1.165) is 5.69 Å². The number of anilines is 1. The zero-order valence-electron chi connectivity index (χ0n) is 11.1. The van der Waals surface area contributed by atoms with Crippen molar-refractivity contribution in [1.29, 1.82) is 0 Å². The maximum absolute atomic E-state index is 13.7. The molecule has 2 rings (SSSR count). The molecule has 0 fully saturated rings. The number of nitrogen functional groups attached to an aromatic ring is 1. The third-order valence-corrected chi connectivity index (χ3v) is 2.77. The average Bonchev–Trinajstić information content (AvgIpc) is 2.37. The molecule has 19 heavy (non-hydrogen) atoms. The Kier molecular flexibility index (Phi) is 3.64. The summed E-state index contributed by atoms with van der Waals surface area (Å²) >= 11 is 0. The molecule has 0 atom stereocenters. The lowest BCUT2D eigenvalue weighted by Gasteiger charge is -2.09. The molecule has 2 N–H and O–H groups in total. The summed E-state index contributed by atoms with van der Waals surface area (Å²) in [7, 11) is 1.42. The number of ether oxygens (including phenoxy) is 1. The average molecular weight is 261 g/mol. The second-order valence-electron chi connectivity index (χ2n) is 4.55. The summed E-state index contributed by atoms with van der Waals surface area (Å²) in [5.74, 6) is 0.774. The smallest absolute Gasteiger partial charge is 0.165 e. The van der Waals surface area contributed by atoms with E-state index in [2.05, 4.69) is 9.97 Å². The van der Waals surface area contributed by atoms with E-state index in [1.165, 1.54) is 13.2 Å². The molecule has 1 heterocycles. The van der Waals surface area contributed by atoms with E-state index in [1.54, 1.807) is 18.2 Å². The first-order valence-corrected chi connectivity index (χ1v) is 5.99. The van der Waals surface area contributed by atoms with Gasteiger partial charge in [0.25, 0.3) is 0 Å². The number of methoxy groups -OCH3 is 1. The summed E-state index contributed by atoms with van der Waals surface area (Å²) in [5, 5.41) is 0. The second kappa shape index (κ2) is 5.22. The van der Waals surface area contributed by atoms with Crippen LogP contribution in [0, 0.1) is 5.82 Å². The molecule has 1 aromatic heterocycles. The first kappa shape index (κ1) is 13.3. The van der Waals surface area contributed by atoms with Gasteiger partial charge in [-0.2, -0.15) is 0 Å². The van der Waals surface area contributed by atoms with Gasteiger partial charge in [0.1, 0.15) is 5.82 Å². The van der Waals surface area contributed by atoms with Gasteiger partial charge in [-0.05, 0) is 24.1 Å². The lowest BCUT2D eigenvalue weighted by Crippen LogP contribution is -2.02. The Morgan fingerprint density at radius 2 is 1.95 bits per heavy atom. The molecular formula is C14H16FN3O. The van der Waals surface area contributed by atoms with Crippen LogP contribution in [-0.2, 0) is 0 Å². The van der Waals surface area contributed by atoms with Crippen LogP contribution in [0.2, 0.25) is 0 Å². The number of nitrogens with zero attached hydrogens (tertiary/aromatic N) is 2. The van der Waals surface area contributed by atoms with Crippen LogP contribution in [0.5, 0.6) is 5.75 Å². The summed E-state index contributed by atoms with van der Waals surface area (Å²) in [4.78, 5) is 8.54. The second-order valence-corrected chi connectivity index (χ2v) is 4.55. The molecule has 1 aromatic carbocycles. The number of hydrogen-bond donors (Lipinski definition) is 1. The molecule has 0 amide bonds. The predicted molar refractivity (Wildman–Crippen MR) is 72.5 cm³/mol. The first-order chi connectivity index (χ1) is 9.01. The molecule has 4 nitrogen and oxygen atoms in total. The summed E-state index contributed by atoms with van der Waals surface area (Å²) in [6.07, 6.45) is 0. The Balaban J connectivity index is 2.49. The minimum atomic E-state index is -0.447. The molecule has 5 heteroatoms. The van der Waals surface area contributed by atoms with Crippen molar-refractivity contribution in [3.05, 3.63) is 35.8 Å². The van der Waals surface area contributed by atoms with E-state index in [9.17, 15) is 4.39 Å². The normalized spacial score (nSPS) is 10.8. The number of benzene rings is 1. The van der Waals surface area contributed by atoms with Gasteiger partial charge in [-0.25, -0.2) is 14.4 Å². The van der Waals surface area contributed by atoms with Gasteiger partial charge in [-0.3, -0.25) is 0 Å². The van der Waals surface area contributed by atoms with Gasteiger partial charge < -0.3 is 10.5 Å². The van der Waals surface area contributed by atoms with Crippen molar-refractivity contribution in [3.8, 4) is 17.1 Å². The Labute approximate surface area is 111 Å². The zero-order chi connectivity index (χ0) is 14.0. The summed E-state index contributed by atoms with van der Waals surface area (Å²) < 4.78 is 18.6. The quantitative estimate of drug-likeness (QED) is 0.922. The van der Waals surface area contributed by atoms with E-state index >= 15 is 0 Å². The van der Waals surface area contributed by atoms with Gasteiger partial charge in [0.2, 0.25) is 0 Å². The molecule has 0 saturated heterocycles. The van der Waals surface area contributed by atoms with E-state index in [4.69, 9.17) is 10.5 Å². The van der Waals surface area contributed by atoms with Crippen LogP contribution in [-0.4, -0.2) is 17.1 Å². The fourth-order valence-corrected chi connectivity index (χ4v) is 1.72. The van der Waals surface area contributed by atoms with Crippen LogP contribution in [0.15, 0.2) is 24.3 Å². The standard InChI is InChI=1S/C14H16FN3O/c1-8(2)11-7-13(16)18-14(17-11)9-4-5-12(19-3)10(15)6-9/h4-8H,1-3H3,(H2,16,17,18). The summed E-state index contributed by atoms with van der Waals surface area (Å²) in [5.41, 5.74) is 7.17. The van der Waals surface area contributed by atoms with E-state index < -0.39 is 5.82 Å². The van der Waals surface area contributed by atoms with E-state index in [-0.39, 0.29) is 11.7 Å². The van der Waals surface area contributed by atoms with Crippen LogP contribution in [0.4, 0.5) is 10.2 Å². The van der Waals surface area contributed by atoms with Crippen LogP contribution in [0.25, 0.3) is 11.4 Å². The van der Waals surface area contributed by atoms with Crippen LogP contribution in [0.3, 0.4) is 0 Å². The third-order valence-electron chi connectivity index (χ3n) is 2.77. The predicted octanol–water partition coefficient (Wildman–Crippen LogP) is 3.00. The minimum absolute atomic E-state index is 0.191. The van der Waals surface area contributed by atoms with Gasteiger partial charge in [0, 0.05) is 17.3 Å². The Hall–Kier alpha value is -2.17. The number of nitrogens with two attached hydrogens (primary N) is 1. The molecule has 0 spiro atoms. The highest BCUT2D eigenvalue weighted by Gasteiger charge is 2.10. The Morgan fingerprint density at radius 1 is 1.21 bits per heavy atom. The molecule has 0 radical (unpaired) electrons. The van der Waals surface area contributed by atoms with Gasteiger partial charge in [-0.1, -0.05) is 13.8 Å². The van der Waals surface area contributed by atoms with Crippen LogP contribution >= 0.6 is 0 Å². The Bertz CT molecular complexity index is 599. The van der Waals surface area contributed by atoms with Gasteiger partial charge in [-0.15, -0.1) is 0 Å². The molecule has 0 aliphatic rings. The van der Waals surface area contributed by atoms with Crippen molar-refractivity contribution in [2.45, 2.75) is 19.8 Å². The fraction of sp³-hybridized carbons (Fsp3) is 0.286. The Morgan fingerprint density at radius 3 is 2.53 bits per heavy atom. The van der Waals surface area contributed by atoms with Crippen molar-refractivity contribution < 1.29 is 9.13 Å². The third kappa shape index (κ3) is 2.81. The monoisotopic (exact) mass is 261 g/mol. The van der Waals surface area contributed by atoms with E-state index in [1.807, 2.05) is 13.8 Å². The number of halogens is 1. The zero-order valence-corrected chi connectivity index (χ0v) is 11.1. The molecule has 2 aromatic rings. The highest BCUT2D eigenvalue weighted by atomic mass is 19.1. The van der Waals surface area contributed by atoms with E-state index in [0.29, 0.717) is 17.2 Å². The molecule has 100 valence electrons. The minimum Gasteiger partial charge on any atom is -0.494 e. The van der Waals surface area contributed by atoms with Crippen LogP contribution in [0.1, 0.15) is 25.5 Å². The summed E-state index contributed by atoms with van der Waals surface area (Å²) in [6.45, 7) is 4.03. The number of hydrogen-bond acceptors (Lipinski definition) is 4. The molecule has 0 bridgehead atoms. The molecule has 0 unspecified atom stereocenters. The lowest BCUT2D eigenvalue weighted by molar-refractivity contribution is 0.386. The highest BCUT2D eigenvalue weighted by molar-refractivity contribution is 5.58. The molecule has 0 aliphatic heterocycles. The van der Waals surface area contributed by atoms with Gasteiger partial charge >= 0.3 is 0 Å². The van der Waals surface area contributed by atoms with Gasteiger partial charge in [0.15, 0.2) is 17.4 Å². The first-order valence-electron chi connectivity index (χ1n) is 5.99. The molecule has 0 aliphatic carbocycles. The SMILES string of the molecule is COc1ccc(-c2nc(N)cc(C(C)C)n2)cc1F. The van der Waals surface area contributed by atoms with Crippen molar-refractivity contribution in [3.63, 3.8) is 0 Å². The van der Waals surface area contributed by atoms with Crippen molar-refractivity contribution in [1.82, 2.24) is 9.97 Å². The van der Waals surface area contributed by atoms with Crippen LogP contribution < -0.4 is 10.5 Å². The maximum Gasteiger partial charge on any atom is 0.165 e. The fourth-order valence-electron chi connectivity index (χ4n) is 1.72. The maximum atomic E-state index is 13.7. The molecular weight excluding hydrogens is 245 g/mol. The van der Waals surface area contributed by atoms with Crippen molar-refractivity contribution in [2.75, 3.05) is 12.8 Å². The topological polar surface area (TPSA) is 61.0 Å². The largest absolute Gasteiger partial charge is 0.494 e. The van der Waals surface area contributed by atoms with Gasteiger partial charge in [0.05, 0.1) is 7.11 Å². The lowest BCUT2D eigenvalue weighted by atomic mass is 10.1. The van der Waals surface area contributed by atoms with Crippen molar-refractivity contribution >= 4 is 5.82 Å². The summed E-state index contributed by atoms with van der Waals surface area (Å²) in [6, 6.07) is 6.33. The molecule has 0 saturated carbocycles. The highest BCUT2D eigenvalue weighted by Crippen LogP contribution is 2.25. The van der Waals surface area contributed by atoms with Crippen molar-refractivity contribution in [2.24, 2.45) is 0 Å². The number of rotatable bonds is 3. The number of aromatic nitrogens is 2.